The van der Waals surface area contributed by atoms with Crippen LogP contribution < -0.4 is 11.1 Å². The summed E-state index contributed by atoms with van der Waals surface area (Å²) >= 11 is 0. The van der Waals surface area contributed by atoms with Crippen LogP contribution in [0.2, 0.25) is 0 Å². The van der Waals surface area contributed by atoms with Crippen LogP contribution in [0.4, 0.5) is 5.69 Å². The van der Waals surface area contributed by atoms with E-state index < -0.39 is 0 Å². The van der Waals surface area contributed by atoms with Gasteiger partial charge in [-0.15, -0.1) is 0 Å². The van der Waals surface area contributed by atoms with E-state index in [1.165, 1.54) is 7.11 Å². The van der Waals surface area contributed by atoms with Crippen LogP contribution in [0.25, 0.3) is 0 Å². The summed E-state index contributed by atoms with van der Waals surface area (Å²) < 4.78 is 4.73. The summed E-state index contributed by atoms with van der Waals surface area (Å²) in [6, 6.07) is 7.44. The monoisotopic (exact) mass is 291 g/mol. The van der Waals surface area contributed by atoms with Crippen molar-refractivity contribution in [2.24, 2.45) is 11.7 Å². The highest BCUT2D eigenvalue weighted by Crippen LogP contribution is 2.17. The Labute approximate surface area is 124 Å². The van der Waals surface area contributed by atoms with Crippen LogP contribution in [0.3, 0.4) is 0 Å². The molecular formula is C15H21N3O3. The third-order valence-electron chi connectivity index (χ3n) is 3.65. The molecule has 3 N–H and O–H groups in total. The van der Waals surface area contributed by atoms with E-state index in [-0.39, 0.29) is 24.3 Å². The first-order valence-corrected chi connectivity index (χ1v) is 7.01. The van der Waals surface area contributed by atoms with Crippen LogP contribution in [0.15, 0.2) is 24.3 Å². The highest BCUT2D eigenvalue weighted by Gasteiger charge is 2.29. The fourth-order valence-electron chi connectivity index (χ4n) is 2.46. The van der Waals surface area contributed by atoms with Crippen LogP contribution in [0.1, 0.15) is 12.0 Å². The molecule has 1 atom stereocenters. The molecule has 1 aromatic rings. The molecule has 0 spiro atoms. The highest BCUT2D eigenvalue weighted by atomic mass is 16.5. The van der Waals surface area contributed by atoms with Gasteiger partial charge in [0.2, 0.25) is 5.91 Å². The Morgan fingerprint density at radius 3 is 2.71 bits per heavy atom. The molecule has 0 radical (unpaired) electrons. The van der Waals surface area contributed by atoms with Gasteiger partial charge in [-0.25, -0.2) is 0 Å². The smallest absolute Gasteiger partial charge is 0.310 e. The number of nitrogens with one attached hydrogen (secondary N) is 1. The predicted molar refractivity (Wildman–Crippen MR) is 79.5 cm³/mol. The zero-order valence-electron chi connectivity index (χ0n) is 12.2. The Morgan fingerprint density at radius 1 is 1.38 bits per heavy atom. The minimum absolute atomic E-state index is 0.0824. The summed E-state index contributed by atoms with van der Waals surface area (Å²) in [6.07, 6.45) is 0.741. The normalized spacial score (nSPS) is 18.5. The molecule has 0 aliphatic carbocycles. The van der Waals surface area contributed by atoms with E-state index >= 15 is 0 Å². The zero-order valence-corrected chi connectivity index (χ0v) is 12.2. The van der Waals surface area contributed by atoms with Gasteiger partial charge < -0.3 is 15.8 Å². The number of rotatable bonds is 5. The summed E-state index contributed by atoms with van der Waals surface area (Å²) in [5.41, 5.74) is 7.30. The minimum Gasteiger partial charge on any atom is -0.469 e. The molecule has 1 heterocycles. The van der Waals surface area contributed by atoms with Gasteiger partial charge in [-0.05, 0) is 30.7 Å². The molecule has 1 aliphatic rings. The van der Waals surface area contributed by atoms with E-state index in [0.717, 1.165) is 24.2 Å². The van der Waals surface area contributed by atoms with Gasteiger partial charge in [-0.3, -0.25) is 14.5 Å². The third-order valence-corrected chi connectivity index (χ3v) is 3.65. The van der Waals surface area contributed by atoms with Crippen molar-refractivity contribution >= 4 is 17.6 Å². The largest absolute Gasteiger partial charge is 0.469 e. The Bertz CT molecular complexity index is 501. The molecule has 0 aromatic heterocycles. The Hall–Kier alpha value is -1.92. The lowest BCUT2D eigenvalue weighted by Gasteiger charge is -2.15. The molecule has 1 saturated heterocycles. The summed E-state index contributed by atoms with van der Waals surface area (Å²) in [7, 11) is 1.39. The van der Waals surface area contributed by atoms with Crippen molar-refractivity contribution in [3.8, 4) is 0 Å². The number of nitrogens with two attached hydrogens (primary N) is 1. The molecule has 1 aromatic carbocycles. The first-order valence-electron chi connectivity index (χ1n) is 7.01. The maximum absolute atomic E-state index is 12.0. The van der Waals surface area contributed by atoms with Crippen molar-refractivity contribution in [3.63, 3.8) is 0 Å². The number of carbonyl (C=O) groups excluding carboxylic acids is 2. The van der Waals surface area contributed by atoms with Crippen LogP contribution in [0.5, 0.6) is 0 Å². The molecular weight excluding hydrogens is 270 g/mol. The van der Waals surface area contributed by atoms with E-state index in [2.05, 4.69) is 5.32 Å². The van der Waals surface area contributed by atoms with Crippen LogP contribution in [-0.4, -0.2) is 43.5 Å². The summed E-state index contributed by atoms with van der Waals surface area (Å²) in [6.45, 7) is 2.08. The molecule has 2 rings (SSSR count). The van der Waals surface area contributed by atoms with Crippen LogP contribution in [0, 0.1) is 5.92 Å². The van der Waals surface area contributed by atoms with Crippen molar-refractivity contribution < 1.29 is 14.3 Å². The van der Waals surface area contributed by atoms with Crippen molar-refractivity contribution in [3.05, 3.63) is 29.8 Å². The molecule has 0 bridgehead atoms. The molecule has 1 aliphatic heterocycles. The van der Waals surface area contributed by atoms with Gasteiger partial charge in [0.05, 0.1) is 19.6 Å². The number of carbonyl (C=O) groups is 2. The Morgan fingerprint density at radius 2 is 2.10 bits per heavy atom. The van der Waals surface area contributed by atoms with Crippen LogP contribution >= 0.6 is 0 Å². The number of likely N-dealkylation sites (tertiary alicyclic amines) is 1. The molecule has 0 saturated carbocycles. The second-order valence-corrected chi connectivity index (χ2v) is 5.19. The maximum atomic E-state index is 12.0. The molecule has 21 heavy (non-hydrogen) atoms. The van der Waals surface area contributed by atoms with Gasteiger partial charge in [-0.2, -0.15) is 0 Å². The number of amides is 1. The van der Waals surface area contributed by atoms with E-state index in [1.54, 1.807) is 0 Å². The van der Waals surface area contributed by atoms with Gasteiger partial charge in [0.1, 0.15) is 0 Å². The summed E-state index contributed by atoms with van der Waals surface area (Å²) in [5.74, 6) is -0.400. The van der Waals surface area contributed by atoms with Crippen molar-refractivity contribution in [1.82, 2.24) is 4.90 Å². The Balaban J connectivity index is 1.81. The number of anilines is 1. The lowest BCUT2D eigenvalue weighted by Crippen LogP contribution is -2.32. The molecule has 114 valence electrons. The van der Waals surface area contributed by atoms with E-state index in [9.17, 15) is 9.59 Å². The standard InChI is InChI=1S/C15H21N3O3/c1-21-15(20)12-6-7-18(9-12)10-14(19)17-13-4-2-11(8-16)3-5-13/h2-5,12H,6-10,16H2,1H3,(H,17,19). The second kappa shape index (κ2) is 7.19. The first-order chi connectivity index (χ1) is 10.1. The van der Waals surface area contributed by atoms with Crippen molar-refractivity contribution in [1.29, 1.82) is 0 Å². The van der Waals surface area contributed by atoms with E-state index in [4.69, 9.17) is 10.5 Å². The van der Waals surface area contributed by atoms with E-state index in [1.807, 2.05) is 29.2 Å². The Kier molecular flexibility index (Phi) is 5.30. The lowest BCUT2D eigenvalue weighted by molar-refractivity contribution is -0.145. The topological polar surface area (TPSA) is 84.7 Å². The second-order valence-electron chi connectivity index (χ2n) is 5.19. The van der Waals surface area contributed by atoms with E-state index in [0.29, 0.717) is 13.1 Å². The van der Waals surface area contributed by atoms with Gasteiger partial charge in [0, 0.05) is 18.8 Å². The number of ether oxygens (including phenoxy) is 1. The van der Waals surface area contributed by atoms with Gasteiger partial charge in [-0.1, -0.05) is 12.1 Å². The number of nitrogens with zero attached hydrogens (tertiary/aromatic N) is 1. The van der Waals surface area contributed by atoms with Crippen molar-refractivity contribution in [2.45, 2.75) is 13.0 Å². The number of benzene rings is 1. The number of hydrogen-bond donors (Lipinski definition) is 2. The van der Waals surface area contributed by atoms with Crippen molar-refractivity contribution in [2.75, 3.05) is 32.1 Å². The number of hydrogen-bond acceptors (Lipinski definition) is 5. The average molecular weight is 291 g/mol. The molecule has 1 fully saturated rings. The molecule has 1 amide bonds. The fraction of sp³-hybridized carbons (Fsp3) is 0.467. The summed E-state index contributed by atoms with van der Waals surface area (Å²) in [5, 5.41) is 2.84. The predicted octanol–water partition coefficient (Wildman–Crippen LogP) is 0.579. The van der Waals surface area contributed by atoms with Gasteiger partial charge in [0.15, 0.2) is 0 Å². The fourth-order valence-corrected chi connectivity index (χ4v) is 2.46. The summed E-state index contributed by atoms with van der Waals surface area (Å²) in [4.78, 5) is 25.4. The maximum Gasteiger partial charge on any atom is 0.310 e. The van der Waals surface area contributed by atoms with Gasteiger partial charge in [0.25, 0.3) is 0 Å². The quantitative estimate of drug-likeness (QED) is 0.775. The number of methoxy groups -OCH3 is 1. The molecule has 6 nitrogen and oxygen atoms in total. The average Bonchev–Trinajstić information content (AvgIpc) is 2.95. The third kappa shape index (κ3) is 4.27. The first kappa shape index (κ1) is 15.5. The minimum atomic E-state index is -0.199. The number of esters is 1. The zero-order chi connectivity index (χ0) is 15.2. The van der Waals surface area contributed by atoms with Crippen LogP contribution in [-0.2, 0) is 20.9 Å². The SMILES string of the molecule is COC(=O)C1CCN(CC(=O)Nc2ccc(CN)cc2)C1. The van der Waals surface area contributed by atoms with Gasteiger partial charge >= 0.3 is 5.97 Å². The lowest BCUT2D eigenvalue weighted by atomic mass is 10.1. The highest BCUT2D eigenvalue weighted by molar-refractivity contribution is 5.92. The molecule has 6 heteroatoms. The molecule has 1 unspecified atom stereocenters.